The number of hydrogen-bond donors (Lipinski definition) is 1. The molecule has 0 saturated carbocycles. The highest BCUT2D eigenvalue weighted by Crippen LogP contribution is 2.27. The van der Waals surface area contributed by atoms with Crippen LogP contribution in [-0.4, -0.2) is 20.5 Å². The number of benzene rings is 1. The van der Waals surface area contributed by atoms with Crippen molar-refractivity contribution in [2.75, 3.05) is 0 Å². The molecule has 0 spiro atoms. The van der Waals surface area contributed by atoms with E-state index in [4.69, 9.17) is 17.3 Å². The third-order valence-electron chi connectivity index (χ3n) is 2.78. The summed E-state index contributed by atoms with van der Waals surface area (Å²) in [6.45, 7) is 0. The number of amides is 1. The van der Waals surface area contributed by atoms with Crippen LogP contribution in [0.25, 0.3) is 16.9 Å². The first-order chi connectivity index (χ1) is 9.16. The lowest BCUT2D eigenvalue weighted by atomic mass is 10.2. The highest BCUT2D eigenvalue weighted by molar-refractivity contribution is 6.33. The first-order valence-electron chi connectivity index (χ1n) is 5.56. The molecule has 0 saturated heterocycles. The molecule has 19 heavy (non-hydrogen) atoms. The van der Waals surface area contributed by atoms with Crippen molar-refractivity contribution >= 4 is 23.2 Å². The first-order valence-corrected chi connectivity index (χ1v) is 5.93. The van der Waals surface area contributed by atoms with Crippen LogP contribution in [0.2, 0.25) is 5.02 Å². The van der Waals surface area contributed by atoms with E-state index < -0.39 is 5.91 Å². The predicted molar refractivity (Wildman–Crippen MR) is 72.0 cm³/mol. The quantitative estimate of drug-likeness (QED) is 0.777. The van der Waals surface area contributed by atoms with E-state index in [0.717, 1.165) is 5.56 Å². The van der Waals surface area contributed by atoms with Crippen molar-refractivity contribution in [3.8, 4) is 11.3 Å². The number of carbonyl (C=O) groups excluding carboxylic acids is 1. The summed E-state index contributed by atoms with van der Waals surface area (Å²) in [4.78, 5) is 15.7. The molecule has 0 radical (unpaired) electrons. The van der Waals surface area contributed by atoms with Crippen molar-refractivity contribution in [2.24, 2.45) is 5.73 Å². The summed E-state index contributed by atoms with van der Waals surface area (Å²) in [6.07, 6.45) is 3.22. The van der Waals surface area contributed by atoms with Gasteiger partial charge in [0.2, 0.25) is 0 Å². The van der Waals surface area contributed by atoms with Crippen LogP contribution in [-0.2, 0) is 0 Å². The summed E-state index contributed by atoms with van der Waals surface area (Å²) < 4.78 is 1.51. The molecule has 0 aliphatic heterocycles. The van der Waals surface area contributed by atoms with Gasteiger partial charge in [0, 0.05) is 11.8 Å². The summed E-state index contributed by atoms with van der Waals surface area (Å²) in [5, 5.41) is 4.69. The number of carbonyl (C=O) groups is 1. The topological polar surface area (TPSA) is 73.3 Å². The van der Waals surface area contributed by atoms with Gasteiger partial charge in [0.15, 0.2) is 5.65 Å². The first kappa shape index (κ1) is 11.7. The lowest BCUT2D eigenvalue weighted by Gasteiger charge is -1.98. The van der Waals surface area contributed by atoms with Crippen molar-refractivity contribution < 1.29 is 4.79 Å². The molecule has 5 nitrogen and oxygen atoms in total. The van der Waals surface area contributed by atoms with E-state index in [9.17, 15) is 4.79 Å². The molecule has 0 fully saturated rings. The fourth-order valence-corrected chi connectivity index (χ4v) is 2.12. The Hall–Kier alpha value is -2.40. The van der Waals surface area contributed by atoms with E-state index in [-0.39, 0.29) is 0 Å². The Morgan fingerprint density at radius 3 is 2.79 bits per heavy atom. The van der Waals surface area contributed by atoms with E-state index in [1.807, 2.05) is 18.2 Å². The molecule has 1 aromatic carbocycles. The SMILES string of the molecule is NC(=O)c1ccnn2cc(-c3ccccc3Cl)nc12. The molecular formula is C13H9ClN4O. The molecule has 1 amide bonds. The summed E-state index contributed by atoms with van der Waals surface area (Å²) in [5.41, 5.74) is 7.49. The molecular weight excluding hydrogens is 264 g/mol. The lowest BCUT2D eigenvalue weighted by molar-refractivity contribution is 0.100. The van der Waals surface area contributed by atoms with Crippen molar-refractivity contribution in [1.29, 1.82) is 0 Å². The van der Waals surface area contributed by atoms with Gasteiger partial charge in [-0.2, -0.15) is 5.10 Å². The van der Waals surface area contributed by atoms with Gasteiger partial charge in [-0.25, -0.2) is 9.50 Å². The highest BCUT2D eigenvalue weighted by atomic mass is 35.5. The fourth-order valence-electron chi connectivity index (χ4n) is 1.89. The number of nitrogens with zero attached hydrogens (tertiary/aromatic N) is 3. The van der Waals surface area contributed by atoms with E-state index in [0.29, 0.717) is 21.9 Å². The molecule has 6 heteroatoms. The predicted octanol–water partition coefficient (Wildman–Crippen LogP) is 2.15. The normalized spacial score (nSPS) is 10.8. The molecule has 0 unspecified atom stereocenters. The van der Waals surface area contributed by atoms with Gasteiger partial charge in [-0.1, -0.05) is 29.8 Å². The molecule has 2 aromatic heterocycles. The molecule has 3 rings (SSSR count). The number of rotatable bonds is 2. The monoisotopic (exact) mass is 272 g/mol. The minimum absolute atomic E-state index is 0.327. The maximum atomic E-state index is 11.3. The van der Waals surface area contributed by atoms with E-state index in [1.54, 1.807) is 18.3 Å². The minimum Gasteiger partial charge on any atom is -0.365 e. The number of halogens is 1. The van der Waals surface area contributed by atoms with Crippen LogP contribution in [0.4, 0.5) is 0 Å². The third-order valence-corrected chi connectivity index (χ3v) is 3.11. The molecule has 0 aliphatic rings. The van der Waals surface area contributed by atoms with Gasteiger partial charge >= 0.3 is 0 Å². The molecule has 94 valence electrons. The summed E-state index contributed by atoms with van der Waals surface area (Å²) in [6, 6.07) is 8.89. The number of hydrogen-bond acceptors (Lipinski definition) is 3. The zero-order valence-electron chi connectivity index (χ0n) is 9.75. The minimum atomic E-state index is -0.538. The molecule has 2 heterocycles. The van der Waals surface area contributed by atoms with Crippen molar-refractivity contribution in [3.63, 3.8) is 0 Å². The van der Waals surface area contributed by atoms with Gasteiger partial charge < -0.3 is 5.73 Å². The molecule has 0 bridgehead atoms. The van der Waals surface area contributed by atoms with Crippen LogP contribution in [0.15, 0.2) is 42.7 Å². The Kier molecular flexibility index (Phi) is 2.68. The number of imidazole rings is 1. The Morgan fingerprint density at radius 2 is 2.05 bits per heavy atom. The Balaban J connectivity index is 2.26. The summed E-state index contributed by atoms with van der Waals surface area (Å²) >= 11 is 6.13. The van der Waals surface area contributed by atoms with Crippen LogP contribution < -0.4 is 5.73 Å². The Labute approximate surface area is 113 Å². The Morgan fingerprint density at radius 1 is 1.26 bits per heavy atom. The summed E-state index contributed by atoms with van der Waals surface area (Å²) in [5.74, 6) is -0.538. The van der Waals surface area contributed by atoms with Gasteiger partial charge in [-0.05, 0) is 12.1 Å². The highest BCUT2D eigenvalue weighted by Gasteiger charge is 2.13. The zero-order valence-corrected chi connectivity index (χ0v) is 10.5. The third kappa shape index (κ3) is 1.94. The van der Waals surface area contributed by atoms with Crippen molar-refractivity contribution in [3.05, 3.63) is 53.3 Å². The maximum absolute atomic E-state index is 11.3. The van der Waals surface area contributed by atoms with Crippen molar-refractivity contribution in [2.45, 2.75) is 0 Å². The molecule has 3 aromatic rings. The lowest BCUT2D eigenvalue weighted by Crippen LogP contribution is -2.13. The van der Waals surface area contributed by atoms with Crippen LogP contribution in [0.5, 0.6) is 0 Å². The number of nitrogens with two attached hydrogens (primary N) is 1. The van der Waals surface area contributed by atoms with Crippen molar-refractivity contribution in [1.82, 2.24) is 14.6 Å². The van der Waals surface area contributed by atoms with E-state index >= 15 is 0 Å². The number of fused-ring (bicyclic) bond motifs is 1. The second-order valence-corrected chi connectivity index (χ2v) is 4.39. The maximum Gasteiger partial charge on any atom is 0.252 e. The average molecular weight is 273 g/mol. The van der Waals surface area contributed by atoms with E-state index in [1.165, 1.54) is 10.7 Å². The van der Waals surface area contributed by atoms with Crippen LogP contribution in [0, 0.1) is 0 Å². The van der Waals surface area contributed by atoms with Gasteiger partial charge in [-0.15, -0.1) is 0 Å². The van der Waals surface area contributed by atoms with Gasteiger partial charge in [0.25, 0.3) is 5.91 Å². The second-order valence-electron chi connectivity index (χ2n) is 3.98. The van der Waals surface area contributed by atoms with Gasteiger partial charge in [-0.3, -0.25) is 4.79 Å². The second kappa shape index (κ2) is 4.37. The largest absolute Gasteiger partial charge is 0.365 e. The molecule has 2 N–H and O–H groups in total. The van der Waals surface area contributed by atoms with E-state index in [2.05, 4.69) is 10.1 Å². The number of primary amides is 1. The summed E-state index contributed by atoms with van der Waals surface area (Å²) in [7, 11) is 0. The average Bonchev–Trinajstić information content (AvgIpc) is 2.82. The smallest absolute Gasteiger partial charge is 0.252 e. The Bertz CT molecular complexity index is 781. The van der Waals surface area contributed by atoms with Crippen LogP contribution >= 0.6 is 11.6 Å². The zero-order chi connectivity index (χ0) is 13.4. The number of aromatic nitrogens is 3. The molecule has 0 aliphatic carbocycles. The fraction of sp³-hybridized carbons (Fsp3) is 0. The van der Waals surface area contributed by atoms with Gasteiger partial charge in [0.05, 0.1) is 22.5 Å². The molecule has 0 atom stereocenters. The van der Waals surface area contributed by atoms with Gasteiger partial charge in [0.1, 0.15) is 0 Å². The standard InChI is InChI=1S/C13H9ClN4O/c14-10-4-2-1-3-8(10)11-7-18-13(17-11)9(12(15)19)5-6-16-18/h1-7H,(H2,15,19). The van der Waals surface area contributed by atoms with Crippen LogP contribution in [0.1, 0.15) is 10.4 Å². The van der Waals surface area contributed by atoms with Crippen LogP contribution in [0.3, 0.4) is 0 Å².